The van der Waals surface area contributed by atoms with Crippen LogP contribution in [0, 0.1) is 6.92 Å². The molecule has 0 spiro atoms. The topological polar surface area (TPSA) is 47.1 Å². The summed E-state index contributed by atoms with van der Waals surface area (Å²) in [6.07, 6.45) is 2.56. The van der Waals surface area contributed by atoms with Crippen molar-refractivity contribution in [3.05, 3.63) is 45.7 Å². The first-order valence-corrected chi connectivity index (χ1v) is 8.11. The number of hydrogen-bond donors (Lipinski definition) is 1. The van der Waals surface area contributed by atoms with E-state index < -0.39 is 0 Å². The van der Waals surface area contributed by atoms with Crippen molar-refractivity contribution in [3.8, 4) is 0 Å². The van der Waals surface area contributed by atoms with Crippen LogP contribution in [-0.4, -0.2) is 20.7 Å². The Morgan fingerprint density at radius 2 is 2.05 bits per heavy atom. The molecule has 1 aliphatic carbocycles. The maximum Gasteiger partial charge on any atom is 0.0739 e. The van der Waals surface area contributed by atoms with Gasteiger partial charge in [0.05, 0.1) is 15.9 Å². The SMILES string of the molecule is Cc1nn(C)c(CN(Cc2ccccc2N)C2CC2)c1Br. The molecule has 0 unspecified atom stereocenters. The molecule has 2 N–H and O–H groups in total. The maximum atomic E-state index is 6.09. The highest BCUT2D eigenvalue weighted by Crippen LogP contribution is 2.32. The third kappa shape index (κ3) is 3.14. The van der Waals surface area contributed by atoms with Crippen LogP contribution in [0.2, 0.25) is 0 Å². The van der Waals surface area contributed by atoms with Gasteiger partial charge >= 0.3 is 0 Å². The van der Waals surface area contributed by atoms with Crippen LogP contribution in [-0.2, 0) is 20.1 Å². The number of benzene rings is 1. The summed E-state index contributed by atoms with van der Waals surface area (Å²) in [6.45, 7) is 3.83. The molecule has 0 amide bonds. The molecule has 5 heteroatoms. The Morgan fingerprint density at radius 3 is 2.62 bits per heavy atom. The predicted octanol–water partition coefficient (Wildman–Crippen LogP) is 3.24. The lowest BCUT2D eigenvalue weighted by Crippen LogP contribution is -2.26. The lowest BCUT2D eigenvalue weighted by molar-refractivity contribution is 0.239. The Hall–Kier alpha value is -1.33. The molecule has 1 aliphatic rings. The Labute approximate surface area is 134 Å². The summed E-state index contributed by atoms with van der Waals surface area (Å²) >= 11 is 3.66. The van der Waals surface area contributed by atoms with Gasteiger partial charge in [0.25, 0.3) is 0 Å². The number of aromatic nitrogens is 2. The first-order valence-electron chi connectivity index (χ1n) is 7.31. The van der Waals surface area contributed by atoms with Crippen molar-refractivity contribution in [3.63, 3.8) is 0 Å². The van der Waals surface area contributed by atoms with Crippen molar-refractivity contribution in [1.82, 2.24) is 14.7 Å². The van der Waals surface area contributed by atoms with Crippen LogP contribution in [0.1, 0.15) is 29.8 Å². The monoisotopic (exact) mass is 348 g/mol. The van der Waals surface area contributed by atoms with Crippen LogP contribution in [0.5, 0.6) is 0 Å². The van der Waals surface area contributed by atoms with E-state index >= 15 is 0 Å². The number of hydrogen-bond acceptors (Lipinski definition) is 3. The van der Waals surface area contributed by atoms with Crippen molar-refractivity contribution in [2.75, 3.05) is 5.73 Å². The van der Waals surface area contributed by atoms with Crippen LogP contribution in [0.4, 0.5) is 5.69 Å². The minimum absolute atomic E-state index is 0.673. The Balaban J connectivity index is 1.81. The van der Waals surface area contributed by atoms with Crippen molar-refractivity contribution < 1.29 is 0 Å². The summed E-state index contributed by atoms with van der Waals surface area (Å²) in [5.41, 5.74) is 10.5. The second-order valence-electron chi connectivity index (χ2n) is 5.80. The summed E-state index contributed by atoms with van der Waals surface area (Å²) in [4.78, 5) is 2.51. The average Bonchev–Trinajstić information content (AvgIpc) is 3.25. The van der Waals surface area contributed by atoms with Gasteiger partial charge in [-0.3, -0.25) is 9.58 Å². The normalized spacial score (nSPS) is 14.9. The quantitative estimate of drug-likeness (QED) is 0.843. The van der Waals surface area contributed by atoms with Gasteiger partial charge in [0, 0.05) is 31.9 Å². The molecule has 0 atom stereocenters. The summed E-state index contributed by atoms with van der Waals surface area (Å²) in [6, 6.07) is 8.81. The molecule has 3 rings (SSSR count). The Bertz CT molecular complexity index is 646. The van der Waals surface area contributed by atoms with Crippen molar-refractivity contribution >= 4 is 21.6 Å². The van der Waals surface area contributed by atoms with Gasteiger partial charge in [-0.1, -0.05) is 18.2 Å². The smallest absolute Gasteiger partial charge is 0.0739 e. The number of rotatable bonds is 5. The van der Waals surface area contributed by atoms with E-state index in [1.165, 1.54) is 24.1 Å². The third-order valence-corrected chi connectivity index (χ3v) is 5.14. The van der Waals surface area contributed by atoms with E-state index in [9.17, 15) is 0 Å². The van der Waals surface area contributed by atoms with E-state index in [0.717, 1.165) is 28.9 Å². The minimum Gasteiger partial charge on any atom is -0.398 e. The molecular formula is C16H21BrN4. The summed E-state index contributed by atoms with van der Waals surface area (Å²) in [5, 5.41) is 4.49. The van der Waals surface area contributed by atoms with E-state index in [4.69, 9.17) is 5.73 Å². The Kier molecular flexibility index (Phi) is 4.04. The van der Waals surface area contributed by atoms with Crippen molar-refractivity contribution in [1.29, 1.82) is 0 Å². The number of nitrogens with two attached hydrogens (primary N) is 1. The first-order chi connectivity index (χ1) is 10.1. The van der Waals surface area contributed by atoms with Gasteiger partial charge in [0.1, 0.15) is 0 Å². The highest BCUT2D eigenvalue weighted by molar-refractivity contribution is 9.10. The molecule has 21 heavy (non-hydrogen) atoms. The highest BCUT2D eigenvalue weighted by atomic mass is 79.9. The zero-order valence-corrected chi connectivity index (χ0v) is 14.1. The molecule has 4 nitrogen and oxygen atoms in total. The van der Waals surface area contributed by atoms with Crippen molar-refractivity contribution in [2.45, 2.75) is 38.9 Å². The van der Waals surface area contributed by atoms with Gasteiger partial charge in [-0.05, 0) is 47.3 Å². The van der Waals surface area contributed by atoms with Crippen LogP contribution >= 0.6 is 15.9 Å². The minimum atomic E-state index is 0.673. The molecule has 112 valence electrons. The zero-order valence-electron chi connectivity index (χ0n) is 12.5. The number of para-hydroxylation sites is 1. The van der Waals surface area contributed by atoms with Gasteiger partial charge in [-0.15, -0.1) is 0 Å². The lowest BCUT2D eigenvalue weighted by atomic mass is 10.1. The molecule has 1 fully saturated rings. The maximum absolute atomic E-state index is 6.09. The fourth-order valence-corrected chi connectivity index (χ4v) is 3.16. The number of anilines is 1. The molecule has 1 aromatic carbocycles. The number of halogens is 1. The second-order valence-corrected chi connectivity index (χ2v) is 6.60. The van der Waals surface area contributed by atoms with Crippen LogP contribution < -0.4 is 5.73 Å². The second kappa shape index (κ2) is 5.81. The van der Waals surface area contributed by atoms with Crippen molar-refractivity contribution in [2.24, 2.45) is 7.05 Å². The highest BCUT2D eigenvalue weighted by Gasteiger charge is 2.30. The van der Waals surface area contributed by atoms with E-state index in [-0.39, 0.29) is 0 Å². The standard InChI is InChI=1S/C16H21BrN4/c1-11-16(17)15(20(2)19-11)10-21(13-7-8-13)9-12-5-3-4-6-14(12)18/h3-6,13H,7-10,18H2,1-2H3. The summed E-state index contributed by atoms with van der Waals surface area (Å²) in [5.74, 6) is 0. The molecular weight excluding hydrogens is 328 g/mol. The molecule has 1 heterocycles. The van der Waals surface area contributed by atoms with Gasteiger partial charge in [0.2, 0.25) is 0 Å². The lowest BCUT2D eigenvalue weighted by Gasteiger charge is -2.23. The van der Waals surface area contributed by atoms with Crippen LogP contribution in [0.3, 0.4) is 0 Å². The van der Waals surface area contributed by atoms with Gasteiger partial charge in [-0.25, -0.2) is 0 Å². The molecule has 1 saturated carbocycles. The molecule has 2 aromatic rings. The van der Waals surface area contributed by atoms with Gasteiger partial charge in [-0.2, -0.15) is 5.10 Å². The van der Waals surface area contributed by atoms with E-state index in [1.54, 1.807) is 0 Å². The third-order valence-electron chi connectivity index (χ3n) is 4.11. The van der Waals surface area contributed by atoms with E-state index in [2.05, 4.69) is 38.1 Å². The molecule has 1 aromatic heterocycles. The molecule has 0 saturated heterocycles. The molecule has 0 aliphatic heterocycles. The largest absolute Gasteiger partial charge is 0.398 e. The summed E-state index contributed by atoms with van der Waals surface area (Å²) < 4.78 is 3.10. The number of nitrogen functional groups attached to an aromatic ring is 1. The van der Waals surface area contributed by atoms with E-state index in [0.29, 0.717) is 6.04 Å². The fourth-order valence-electron chi connectivity index (χ4n) is 2.70. The van der Waals surface area contributed by atoms with Crippen LogP contribution in [0.25, 0.3) is 0 Å². The predicted molar refractivity (Wildman–Crippen MR) is 88.8 cm³/mol. The van der Waals surface area contributed by atoms with E-state index in [1.807, 2.05) is 30.8 Å². The zero-order chi connectivity index (χ0) is 15.0. The van der Waals surface area contributed by atoms with Crippen LogP contribution in [0.15, 0.2) is 28.7 Å². The first kappa shape index (κ1) is 14.6. The fraction of sp³-hybridized carbons (Fsp3) is 0.438. The average molecular weight is 349 g/mol. The molecule has 0 radical (unpaired) electrons. The van der Waals surface area contributed by atoms with Gasteiger partial charge < -0.3 is 5.73 Å². The summed E-state index contributed by atoms with van der Waals surface area (Å²) in [7, 11) is 2.01. The Morgan fingerprint density at radius 1 is 1.33 bits per heavy atom. The molecule has 0 bridgehead atoms. The van der Waals surface area contributed by atoms with Gasteiger partial charge in [0.15, 0.2) is 0 Å². The number of nitrogens with zero attached hydrogens (tertiary/aromatic N) is 3. The number of aryl methyl sites for hydroxylation is 2.